The average molecular weight is 385 g/mol. The standard InChI is InChI=1S/C19H20FN5O3/c1-11-12(2)25-15-16(22(3)19(28)23(17(15)27)9-4-10-26)21-18(25)24(11)14-7-5-13(20)6-8-14/h5-8,26H,4,9-10H2,1-3H3. The number of fused-ring (bicyclic) bond motifs is 3. The second-order valence-corrected chi connectivity index (χ2v) is 6.78. The minimum atomic E-state index is -0.477. The van der Waals surface area contributed by atoms with Crippen molar-refractivity contribution in [2.75, 3.05) is 6.61 Å². The van der Waals surface area contributed by atoms with E-state index < -0.39 is 11.2 Å². The van der Waals surface area contributed by atoms with Crippen LogP contribution in [-0.2, 0) is 13.6 Å². The summed E-state index contributed by atoms with van der Waals surface area (Å²) in [6.07, 6.45) is 0.303. The molecule has 28 heavy (non-hydrogen) atoms. The first kappa shape index (κ1) is 18.2. The quantitative estimate of drug-likeness (QED) is 0.573. The summed E-state index contributed by atoms with van der Waals surface area (Å²) in [6, 6.07) is 6.00. The molecule has 0 aliphatic rings. The van der Waals surface area contributed by atoms with Gasteiger partial charge in [-0.05, 0) is 44.5 Å². The van der Waals surface area contributed by atoms with Gasteiger partial charge in [0.1, 0.15) is 5.82 Å². The van der Waals surface area contributed by atoms with Gasteiger partial charge in [-0.25, -0.2) is 9.18 Å². The topological polar surface area (TPSA) is 86.5 Å². The van der Waals surface area contributed by atoms with Crippen molar-refractivity contribution < 1.29 is 9.50 Å². The molecule has 0 bridgehead atoms. The van der Waals surface area contributed by atoms with E-state index in [0.717, 1.165) is 16.0 Å². The molecule has 0 fully saturated rings. The van der Waals surface area contributed by atoms with Gasteiger partial charge in [0.25, 0.3) is 5.56 Å². The maximum Gasteiger partial charge on any atom is 0.332 e. The fourth-order valence-electron chi connectivity index (χ4n) is 3.58. The predicted molar refractivity (Wildman–Crippen MR) is 103 cm³/mol. The fourth-order valence-corrected chi connectivity index (χ4v) is 3.58. The maximum absolute atomic E-state index is 13.4. The van der Waals surface area contributed by atoms with Crippen molar-refractivity contribution in [1.29, 1.82) is 0 Å². The molecule has 0 radical (unpaired) electrons. The first-order valence-corrected chi connectivity index (χ1v) is 8.93. The summed E-state index contributed by atoms with van der Waals surface area (Å²) < 4.78 is 19.4. The van der Waals surface area contributed by atoms with Gasteiger partial charge >= 0.3 is 5.69 Å². The van der Waals surface area contributed by atoms with Crippen molar-refractivity contribution in [2.24, 2.45) is 7.05 Å². The molecule has 1 aromatic carbocycles. The van der Waals surface area contributed by atoms with Crippen LogP contribution in [0.1, 0.15) is 17.8 Å². The number of benzene rings is 1. The van der Waals surface area contributed by atoms with Gasteiger partial charge in [0, 0.05) is 37.3 Å². The lowest BCUT2D eigenvalue weighted by atomic mass is 10.3. The zero-order chi connectivity index (χ0) is 20.2. The molecule has 0 saturated carbocycles. The van der Waals surface area contributed by atoms with E-state index in [4.69, 9.17) is 5.11 Å². The summed E-state index contributed by atoms with van der Waals surface area (Å²) in [5.41, 5.74) is 2.02. The van der Waals surface area contributed by atoms with Crippen molar-refractivity contribution >= 4 is 16.9 Å². The Labute approximate surface area is 158 Å². The summed E-state index contributed by atoms with van der Waals surface area (Å²) in [4.78, 5) is 30.3. The highest BCUT2D eigenvalue weighted by Gasteiger charge is 2.23. The molecule has 3 heterocycles. The van der Waals surface area contributed by atoms with Gasteiger partial charge in [0.15, 0.2) is 11.2 Å². The van der Waals surface area contributed by atoms with Crippen LogP contribution in [0.25, 0.3) is 22.6 Å². The molecule has 0 aliphatic heterocycles. The number of hydrogen-bond acceptors (Lipinski definition) is 4. The van der Waals surface area contributed by atoms with Gasteiger partial charge in [-0.15, -0.1) is 0 Å². The summed E-state index contributed by atoms with van der Waals surface area (Å²) in [7, 11) is 1.57. The molecule has 1 N–H and O–H groups in total. The first-order valence-electron chi connectivity index (χ1n) is 8.93. The summed E-state index contributed by atoms with van der Waals surface area (Å²) in [5.74, 6) is 0.132. The third-order valence-electron chi connectivity index (χ3n) is 5.14. The normalized spacial score (nSPS) is 11.8. The van der Waals surface area contributed by atoms with Crippen LogP contribution in [0.4, 0.5) is 4.39 Å². The molecular weight excluding hydrogens is 365 g/mol. The van der Waals surface area contributed by atoms with Gasteiger partial charge < -0.3 is 5.11 Å². The van der Waals surface area contributed by atoms with E-state index in [9.17, 15) is 14.0 Å². The molecule has 8 nitrogen and oxygen atoms in total. The van der Waals surface area contributed by atoms with Gasteiger partial charge in [-0.2, -0.15) is 4.98 Å². The Morgan fingerprint density at radius 2 is 1.79 bits per heavy atom. The Balaban J connectivity index is 2.13. The summed E-state index contributed by atoms with van der Waals surface area (Å²) in [6.45, 7) is 3.77. The van der Waals surface area contributed by atoms with E-state index in [1.165, 1.54) is 16.7 Å². The molecule has 0 unspecified atom stereocenters. The predicted octanol–water partition coefficient (Wildman–Crippen LogP) is 1.28. The smallest absolute Gasteiger partial charge is 0.332 e. The Kier molecular flexibility index (Phi) is 4.19. The molecule has 0 atom stereocenters. The molecule has 0 saturated heterocycles. The van der Waals surface area contributed by atoms with Crippen LogP contribution >= 0.6 is 0 Å². The highest BCUT2D eigenvalue weighted by Crippen LogP contribution is 2.24. The van der Waals surface area contributed by atoms with Gasteiger partial charge in [0.05, 0.1) is 0 Å². The molecule has 9 heteroatoms. The monoisotopic (exact) mass is 385 g/mol. The highest BCUT2D eigenvalue weighted by atomic mass is 19.1. The molecule has 0 aliphatic carbocycles. The molecule has 3 aromatic heterocycles. The highest BCUT2D eigenvalue weighted by molar-refractivity contribution is 5.77. The van der Waals surface area contributed by atoms with Crippen molar-refractivity contribution in [2.45, 2.75) is 26.8 Å². The number of aliphatic hydroxyl groups excluding tert-OH is 1. The number of aryl methyl sites for hydroxylation is 2. The second-order valence-electron chi connectivity index (χ2n) is 6.78. The number of halogens is 1. The zero-order valence-corrected chi connectivity index (χ0v) is 15.8. The van der Waals surface area contributed by atoms with Gasteiger partial charge in [-0.3, -0.25) is 22.9 Å². The summed E-state index contributed by atoms with van der Waals surface area (Å²) in [5, 5.41) is 9.08. The Morgan fingerprint density at radius 1 is 1.11 bits per heavy atom. The number of rotatable bonds is 4. The zero-order valence-electron chi connectivity index (χ0n) is 15.8. The van der Waals surface area contributed by atoms with Crippen molar-refractivity contribution in [3.8, 4) is 5.69 Å². The molecular formula is C19H20FN5O3. The van der Waals surface area contributed by atoms with Crippen molar-refractivity contribution in [3.05, 3.63) is 62.3 Å². The van der Waals surface area contributed by atoms with E-state index in [1.54, 1.807) is 23.6 Å². The average Bonchev–Trinajstić information content (AvgIpc) is 3.17. The van der Waals surface area contributed by atoms with Crippen molar-refractivity contribution in [3.63, 3.8) is 0 Å². The molecule has 4 aromatic rings. The Bertz CT molecular complexity index is 1320. The number of nitrogens with zero attached hydrogens (tertiary/aromatic N) is 5. The lowest BCUT2D eigenvalue weighted by Crippen LogP contribution is -2.39. The number of imidazole rings is 2. The summed E-state index contributed by atoms with van der Waals surface area (Å²) >= 11 is 0. The fraction of sp³-hybridized carbons (Fsp3) is 0.316. The minimum absolute atomic E-state index is 0.117. The first-order chi connectivity index (χ1) is 13.4. The van der Waals surface area contributed by atoms with E-state index in [1.807, 2.05) is 18.4 Å². The third-order valence-corrected chi connectivity index (χ3v) is 5.14. The van der Waals surface area contributed by atoms with Crippen LogP contribution in [0.5, 0.6) is 0 Å². The van der Waals surface area contributed by atoms with Crippen LogP contribution in [0.15, 0.2) is 33.9 Å². The second kappa shape index (κ2) is 6.45. The van der Waals surface area contributed by atoms with Crippen LogP contribution in [-0.4, -0.2) is 34.8 Å². The van der Waals surface area contributed by atoms with Crippen LogP contribution < -0.4 is 11.2 Å². The SMILES string of the molecule is Cc1c(C)n2c3c(=O)n(CCCO)c(=O)n(C)c3nc2n1-c1ccc(F)cc1. The van der Waals surface area contributed by atoms with Crippen LogP contribution in [0.2, 0.25) is 0 Å². The number of hydrogen-bond donors (Lipinski definition) is 1. The van der Waals surface area contributed by atoms with E-state index in [2.05, 4.69) is 4.98 Å². The van der Waals surface area contributed by atoms with E-state index in [-0.39, 0.29) is 24.6 Å². The van der Waals surface area contributed by atoms with Crippen LogP contribution in [0.3, 0.4) is 0 Å². The largest absolute Gasteiger partial charge is 0.396 e. The van der Waals surface area contributed by atoms with E-state index in [0.29, 0.717) is 23.4 Å². The number of aliphatic hydroxyl groups is 1. The Hall–Kier alpha value is -3.20. The van der Waals surface area contributed by atoms with Crippen molar-refractivity contribution in [1.82, 2.24) is 23.1 Å². The van der Waals surface area contributed by atoms with E-state index >= 15 is 0 Å². The lowest BCUT2D eigenvalue weighted by molar-refractivity contribution is 0.277. The van der Waals surface area contributed by atoms with Gasteiger partial charge in [0.2, 0.25) is 5.78 Å². The molecule has 146 valence electrons. The maximum atomic E-state index is 13.4. The lowest BCUT2D eigenvalue weighted by Gasteiger charge is -2.08. The molecule has 4 rings (SSSR count). The number of aromatic nitrogens is 5. The molecule has 0 amide bonds. The van der Waals surface area contributed by atoms with Crippen LogP contribution in [0, 0.1) is 19.7 Å². The molecule has 0 spiro atoms. The minimum Gasteiger partial charge on any atom is -0.396 e. The Morgan fingerprint density at radius 3 is 2.43 bits per heavy atom. The van der Waals surface area contributed by atoms with Gasteiger partial charge in [-0.1, -0.05) is 0 Å². The third kappa shape index (κ3) is 2.43.